The molecule has 1 aromatic carbocycles. The molecule has 1 atom stereocenters. The van der Waals surface area contributed by atoms with Crippen LogP contribution in [0.25, 0.3) is 10.2 Å². The highest BCUT2D eigenvalue weighted by molar-refractivity contribution is 8.01. The van der Waals surface area contributed by atoms with Gasteiger partial charge in [0, 0.05) is 18.8 Å². The van der Waals surface area contributed by atoms with E-state index in [4.69, 9.17) is 9.47 Å². The summed E-state index contributed by atoms with van der Waals surface area (Å²) in [7, 11) is 0. The van der Waals surface area contributed by atoms with E-state index in [-0.39, 0.29) is 24.5 Å². The van der Waals surface area contributed by atoms with Crippen molar-refractivity contribution in [2.45, 2.75) is 16.8 Å². The summed E-state index contributed by atoms with van der Waals surface area (Å²) >= 11 is 2.97. The highest BCUT2D eigenvalue weighted by Gasteiger charge is 2.21. The van der Waals surface area contributed by atoms with E-state index in [1.807, 2.05) is 18.2 Å². The first-order chi connectivity index (χ1) is 12.7. The lowest BCUT2D eigenvalue weighted by Crippen LogP contribution is -2.41. The zero-order valence-corrected chi connectivity index (χ0v) is 15.7. The number of hydrogen-bond acceptors (Lipinski definition) is 7. The van der Waals surface area contributed by atoms with E-state index in [9.17, 15) is 9.59 Å². The smallest absolute Gasteiger partial charge is 0.253 e. The summed E-state index contributed by atoms with van der Waals surface area (Å²) in [4.78, 5) is 30.3. The van der Waals surface area contributed by atoms with Gasteiger partial charge in [0.25, 0.3) is 5.91 Å². The third-order valence-corrected chi connectivity index (χ3v) is 6.43. The molecule has 26 heavy (non-hydrogen) atoms. The average Bonchev–Trinajstić information content (AvgIpc) is 3.29. The largest absolute Gasteiger partial charge is 0.379 e. The second-order valence-electron chi connectivity index (χ2n) is 6.15. The molecule has 0 spiro atoms. The minimum Gasteiger partial charge on any atom is -0.379 e. The summed E-state index contributed by atoms with van der Waals surface area (Å²) in [6.45, 7) is 2.55. The Balaban J connectivity index is 1.40. The molecule has 138 valence electrons. The van der Waals surface area contributed by atoms with Crippen LogP contribution in [0, 0.1) is 0 Å². The molecule has 0 saturated carbocycles. The molecule has 3 heterocycles. The van der Waals surface area contributed by atoms with E-state index in [0.29, 0.717) is 32.1 Å². The normalized spacial score (nSPS) is 20.7. The van der Waals surface area contributed by atoms with E-state index in [1.165, 1.54) is 23.1 Å². The maximum Gasteiger partial charge on any atom is 0.253 e. The van der Waals surface area contributed by atoms with Crippen molar-refractivity contribution in [3.63, 3.8) is 0 Å². The van der Waals surface area contributed by atoms with Crippen LogP contribution in [0.3, 0.4) is 0 Å². The quantitative estimate of drug-likeness (QED) is 0.778. The van der Waals surface area contributed by atoms with Gasteiger partial charge < -0.3 is 19.7 Å². The molecule has 0 radical (unpaired) electrons. The Bertz CT molecular complexity index is 819. The molecule has 2 aliphatic rings. The molecule has 1 N–H and O–H groups in total. The van der Waals surface area contributed by atoms with Gasteiger partial charge in [-0.15, -0.1) is 11.3 Å². The Morgan fingerprint density at radius 2 is 2.31 bits per heavy atom. The number of fused-ring (bicyclic) bond motifs is 1. The van der Waals surface area contributed by atoms with Crippen LogP contribution < -0.4 is 10.2 Å². The van der Waals surface area contributed by atoms with Crippen LogP contribution in [0.5, 0.6) is 0 Å². The summed E-state index contributed by atoms with van der Waals surface area (Å²) in [6.07, 6.45) is 0.876. The second-order valence-corrected chi connectivity index (χ2v) is 8.40. The van der Waals surface area contributed by atoms with Crippen molar-refractivity contribution in [2.75, 3.05) is 43.6 Å². The highest BCUT2D eigenvalue weighted by atomic mass is 32.2. The van der Waals surface area contributed by atoms with Crippen LogP contribution in [0.2, 0.25) is 0 Å². The van der Waals surface area contributed by atoms with Crippen molar-refractivity contribution < 1.29 is 19.1 Å². The van der Waals surface area contributed by atoms with Gasteiger partial charge in [0.1, 0.15) is 6.61 Å². The Hall–Kier alpha value is -1.68. The number of carbonyl (C=O) groups is 2. The van der Waals surface area contributed by atoms with E-state index in [1.54, 1.807) is 4.90 Å². The Morgan fingerprint density at radius 1 is 1.38 bits per heavy atom. The summed E-state index contributed by atoms with van der Waals surface area (Å²) < 4.78 is 12.3. The standard InChI is InChI=1S/C17H19N3O4S2/c21-15(18-11-3-5-23-8-11)10-25-17-19-13-2-1-12(7-14(13)26-17)20-4-6-24-9-16(20)22/h1-2,7,11H,3-6,8-10H2,(H,18,21). The zero-order chi connectivity index (χ0) is 17.9. The van der Waals surface area contributed by atoms with E-state index < -0.39 is 0 Å². The van der Waals surface area contributed by atoms with Gasteiger partial charge in [-0.1, -0.05) is 11.8 Å². The molecular weight excluding hydrogens is 374 g/mol. The maximum absolute atomic E-state index is 12.0. The first-order valence-electron chi connectivity index (χ1n) is 8.47. The molecular formula is C17H19N3O4S2. The van der Waals surface area contributed by atoms with Gasteiger partial charge in [0.15, 0.2) is 4.34 Å². The van der Waals surface area contributed by atoms with Crippen molar-refractivity contribution in [1.82, 2.24) is 10.3 Å². The number of benzene rings is 1. The lowest BCUT2D eigenvalue weighted by atomic mass is 10.2. The van der Waals surface area contributed by atoms with Gasteiger partial charge in [-0.3, -0.25) is 9.59 Å². The van der Waals surface area contributed by atoms with Crippen LogP contribution in [0.15, 0.2) is 22.5 Å². The minimum atomic E-state index is -0.0257. The Morgan fingerprint density at radius 3 is 3.12 bits per heavy atom. The summed E-state index contributed by atoms with van der Waals surface area (Å²) in [5.74, 6) is 0.317. The third kappa shape index (κ3) is 4.01. The number of thioether (sulfide) groups is 1. The fourth-order valence-corrected chi connectivity index (χ4v) is 4.87. The Labute approximate surface area is 159 Å². The summed E-state index contributed by atoms with van der Waals surface area (Å²) in [5.41, 5.74) is 1.75. The Kier molecular flexibility index (Phi) is 5.39. The number of ether oxygens (including phenoxy) is 2. The molecule has 2 amide bonds. The number of rotatable bonds is 5. The number of amides is 2. The van der Waals surface area contributed by atoms with Gasteiger partial charge in [0.05, 0.1) is 35.2 Å². The molecule has 9 heteroatoms. The number of anilines is 1. The third-order valence-electron chi connectivity index (χ3n) is 4.27. The van der Waals surface area contributed by atoms with Gasteiger partial charge in [-0.25, -0.2) is 4.98 Å². The molecule has 2 aliphatic heterocycles. The molecule has 1 aromatic heterocycles. The second kappa shape index (κ2) is 7.91. The number of nitrogens with one attached hydrogen (secondary N) is 1. The van der Waals surface area contributed by atoms with Gasteiger partial charge in [0.2, 0.25) is 5.91 Å². The summed E-state index contributed by atoms with van der Waals surface area (Å²) in [5, 5.41) is 2.98. The van der Waals surface area contributed by atoms with Crippen LogP contribution in [-0.4, -0.2) is 61.6 Å². The molecule has 0 aliphatic carbocycles. The topological polar surface area (TPSA) is 80.8 Å². The van der Waals surface area contributed by atoms with Crippen LogP contribution >= 0.6 is 23.1 Å². The molecule has 2 aromatic rings. The molecule has 2 fully saturated rings. The fraction of sp³-hybridized carbons (Fsp3) is 0.471. The van der Waals surface area contributed by atoms with Crippen molar-refractivity contribution in [3.8, 4) is 0 Å². The van der Waals surface area contributed by atoms with Crippen molar-refractivity contribution >= 4 is 50.8 Å². The molecule has 2 saturated heterocycles. The lowest BCUT2D eigenvalue weighted by molar-refractivity contribution is -0.125. The maximum atomic E-state index is 12.0. The predicted octanol–water partition coefficient (Wildman–Crippen LogP) is 1.66. The molecule has 1 unspecified atom stereocenters. The van der Waals surface area contributed by atoms with Crippen molar-refractivity contribution in [1.29, 1.82) is 0 Å². The van der Waals surface area contributed by atoms with Crippen LogP contribution in [0.1, 0.15) is 6.42 Å². The zero-order valence-electron chi connectivity index (χ0n) is 14.1. The van der Waals surface area contributed by atoms with Crippen LogP contribution in [0.4, 0.5) is 5.69 Å². The number of morpholine rings is 1. The number of nitrogens with zero attached hydrogens (tertiary/aromatic N) is 2. The minimum absolute atomic E-state index is 0.00404. The first kappa shape index (κ1) is 17.7. The van der Waals surface area contributed by atoms with E-state index in [0.717, 1.165) is 26.7 Å². The molecule has 4 rings (SSSR count). The van der Waals surface area contributed by atoms with Crippen LogP contribution in [-0.2, 0) is 19.1 Å². The highest BCUT2D eigenvalue weighted by Crippen LogP contribution is 2.32. The fourth-order valence-electron chi connectivity index (χ4n) is 2.96. The monoisotopic (exact) mass is 393 g/mol. The van der Waals surface area contributed by atoms with Gasteiger partial charge >= 0.3 is 0 Å². The number of hydrogen-bond donors (Lipinski definition) is 1. The number of carbonyl (C=O) groups excluding carboxylic acids is 2. The summed E-state index contributed by atoms with van der Waals surface area (Å²) in [6, 6.07) is 5.94. The van der Waals surface area contributed by atoms with Gasteiger partial charge in [-0.05, 0) is 24.6 Å². The lowest BCUT2D eigenvalue weighted by Gasteiger charge is -2.26. The number of thiazole rings is 1. The van der Waals surface area contributed by atoms with Gasteiger partial charge in [-0.2, -0.15) is 0 Å². The predicted molar refractivity (Wildman–Crippen MR) is 101 cm³/mol. The van der Waals surface area contributed by atoms with Crippen molar-refractivity contribution in [2.24, 2.45) is 0 Å². The average molecular weight is 393 g/mol. The van der Waals surface area contributed by atoms with Crippen molar-refractivity contribution in [3.05, 3.63) is 18.2 Å². The van der Waals surface area contributed by atoms with E-state index >= 15 is 0 Å². The first-order valence-corrected chi connectivity index (χ1v) is 10.3. The molecule has 7 nitrogen and oxygen atoms in total. The number of aromatic nitrogens is 1. The van der Waals surface area contributed by atoms with E-state index in [2.05, 4.69) is 10.3 Å². The SMILES string of the molecule is O=C(CSc1nc2ccc(N3CCOCC3=O)cc2s1)NC1CCOC1. The molecule has 0 bridgehead atoms.